The normalized spacial score (nSPS) is 11.5. The molecule has 0 aliphatic heterocycles. The van der Waals surface area contributed by atoms with Crippen LogP contribution in [0.1, 0.15) is 27.8 Å². The summed E-state index contributed by atoms with van der Waals surface area (Å²) in [7, 11) is 1.93. The summed E-state index contributed by atoms with van der Waals surface area (Å²) in [5.74, 6) is -0.279. The molecule has 0 fully saturated rings. The van der Waals surface area contributed by atoms with E-state index in [1.165, 1.54) is 21.4 Å². The molecular weight excluding hydrogens is 397 g/mol. The largest absolute Gasteiger partial charge is 0.295 e. The molecule has 3 aromatic heterocycles. The number of hydrogen-bond acceptors (Lipinski definition) is 4. The van der Waals surface area contributed by atoms with Gasteiger partial charge in [-0.05, 0) is 38.6 Å². The molecule has 5 nitrogen and oxygen atoms in total. The van der Waals surface area contributed by atoms with Gasteiger partial charge < -0.3 is 0 Å². The van der Waals surface area contributed by atoms with E-state index >= 15 is 0 Å². The number of aryl methyl sites for hydroxylation is 3. The smallest absolute Gasteiger partial charge is 0.148 e. The van der Waals surface area contributed by atoms with Crippen LogP contribution in [0.2, 0.25) is 0 Å². The fraction of sp³-hybridized carbons (Fsp3) is 0.304. The van der Waals surface area contributed by atoms with Gasteiger partial charge in [-0.15, -0.1) is 11.3 Å². The molecule has 0 bridgehead atoms. The van der Waals surface area contributed by atoms with Crippen LogP contribution in [0.5, 0.6) is 0 Å². The van der Waals surface area contributed by atoms with Crippen LogP contribution < -0.4 is 0 Å². The summed E-state index contributed by atoms with van der Waals surface area (Å²) in [4.78, 5) is 4.82. The molecule has 7 heteroatoms. The molecule has 156 valence electrons. The average Bonchev–Trinajstić information content (AvgIpc) is 3.40. The molecule has 30 heavy (non-hydrogen) atoms. The third-order valence-electron chi connectivity index (χ3n) is 5.19. The van der Waals surface area contributed by atoms with Gasteiger partial charge in [0.1, 0.15) is 11.5 Å². The average molecular weight is 424 g/mol. The summed E-state index contributed by atoms with van der Waals surface area (Å²) in [5, 5.41) is 9.10. The fourth-order valence-corrected chi connectivity index (χ4v) is 4.64. The van der Waals surface area contributed by atoms with Gasteiger partial charge in [-0.3, -0.25) is 9.58 Å². The maximum absolute atomic E-state index is 14.4. The number of nitrogens with zero attached hydrogens (tertiary/aromatic N) is 5. The van der Waals surface area contributed by atoms with Crippen molar-refractivity contribution in [2.75, 3.05) is 6.54 Å². The molecule has 1 aromatic carbocycles. The fourth-order valence-electron chi connectivity index (χ4n) is 3.71. The quantitative estimate of drug-likeness (QED) is 0.415. The van der Waals surface area contributed by atoms with E-state index in [4.69, 9.17) is 5.10 Å². The zero-order valence-electron chi connectivity index (χ0n) is 17.8. The first-order valence-corrected chi connectivity index (χ1v) is 10.9. The van der Waals surface area contributed by atoms with Crippen molar-refractivity contribution in [2.45, 2.75) is 33.9 Å². The molecule has 0 saturated heterocycles. The van der Waals surface area contributed by atoms with E-state index in [9.17, 15) is 4.39 Å². The second kappa shape index (κ2) is 8.53. The Morgan fingerprint density at radius 1 is 1.13 bits per heavy atom. The Bertz CT molecular complexity index is 1160. The Balaban J connectivity index is 1.73. The van der Waals surface area contributed by atoms with E-state index < -0.39 is 0 Å². The minimum Gasteiger partial charge on any atom is -0.295 e. The summed E-state index contributed by atoms with van der Waals surface area (Å²) < 4.78 is 17.9. The Morgan fingerprint density at radius 2 is 1.93 bits per heavy atom. The molecule has 0 spiro atoms. The number of hydrogen-bond donors (Lipinski definition) is 0. The molecule has 0 radical (unpaired) electrons. The van der Waals surface area contributed by atoms with Crippen molar-refractivity contribution in [3.05, 3.63) is 75.6 Å². The van der Waals surface area contributed by atoms with Gasteiger partial charge in [-0.2, -0.15) is 10.2 Å². The van der Waals surface area contributed by atoms with Gasteiger partial charge >= 0.3 is 0 Å². The molecule has 4 aromatic rings. The molecule has 0 atom stereocenters. The predicted molar refractivity (Wildman–Crippen MR) is 119 cm³/mol. The van der Waals surface area contributed by atoms with Crippen LogP contribution in [-0.4, -0.2) is 31.0 Å². The minimum absolute atomic E-state index is 0.279. The summed E-state index contributed by atoms with van der Waals surface area (Å²) in [6.45, 7) is 8.79. The second-order valence-corrected chi connectivity index (χ2v) is 9.01. The van der Waals surface area contributed by atoms with Crippen LogP contribution in [0.4, 0.5) is 4.39 Å². The van der Waals surface area contributed by atoms with E-state index in [1.807, 2.05) is 36.4 Å². The van der Waals surface area contributed by atoms with Crippen molar-refractivity contribution in [1.82, 2.24) is 24.5 Å². The van der Waals surface area contributed by atoms with E-state index in [1.54, 1.807) is 28.2 Å². The summed E-state index contributed by atoms with van der Waals surface area (Å²) in [6, 6.07) is 8.93. The molecule has 0 saturated carbocycles. The summed E-state index contributed by atoms with van der Waals surface area (Å²) in [6.07, 6.45) is 5.91. The van der Waals surface area contributed by atoms with Gasteiger partial charge in [0.15, 0.2) is 0 Å². The molecule has 0 N–H and O–H groups in total. The maximum atomic E-state index is 14.4. The lowest BCUT2D eigenvalue weighted by atomic mass is 10.1. The highest BCUT2D eigenvalue weighted by Gasteiger charge is 2.19. The Kier molecular flexibility index (Phi) is 5.83. The molecule has 3 heterocycles. The van der Waals surface area contributed by atoms with E-state index in [2.05, 4.69) is 36.8 Å². The molecule has 4 rings (SSSR count). The number of halogens is 1. The van der Waals surface area contributed by atoms with Gasteiger partial charge in [0.05, 0.1) is 11.9 Å². The summed E-state index contributed by atoms with van der Waals surface area (Å²) >= 11 is 1.76. The SMILES string of the molecule is CCN(Cc1cnn(C)c1)Cc1cn(-c2ccccc2F)nc1-c1cc(C)sc1C. The standard InChI is InChI=1S/C23H26FN5S/c1-5-28(13-18-11-25-27(4)12-18)14-19-15-29(22-9-7-6-8-21(22)24)26-23(19)20-10-16(2)30-17(20)3/h6-12,15H,5,13-14H2,1-4H3. The zero-order chi connectivity index (χ0) is 21.3. The monoisotopic (exact) mass is 423 g/mol. The molecule has 0 amide bonds. The minimum atomic E-state index is -0.279. The van der Waals surface area contributed by atoms with Gasteiger partial charge in [0.25, 0.3) is 0 Å². The van der Waals surface area contributed by atoms with Crippen molar-refractivity contribution < 1.29 is 4.39 Å². The number of rotatable bonds is 7. The summed E-state index contributed by atoms with van der Waals surface area (Å²) in [5.41, 5.74) is 4.77. The number of thiophene rings is 1. The van der Waals surface area contributed by atoms with E-state index in [0.29, 0.717) is 5.69 Å². The highest BCUT2D eigenvalue weighted by molar-refractivity contribution is 7.12. The van der Waals surface area contributed by atoms with Crippen molar-refractivity contribution in [2.24, 2.45) is 7.05 Å². The van der Waals surface area contributed by atoms with Crippen molar-refractivity contribution >= 4 is 11.3 Å². The first kappa shape index (κ1) is 20.5. The van der Waals surface area contributed by atoms with Crippen molar-refractivity contribution in [3.8, 4) is 16.9 Å². The van der Waals surface area contributed by atoms with Crippen LogP contribution in [-0.2, 0) is 20.1 Å². The Labute approximate surface area is 180 Å². The highest BCUT2D eigenvalue weighted by atomic mass is 32.1. The lowest BCUT2D eigenvalue weighted by Crippen LogP contribution is -2.22. The van der Waals surface area contributed by atoms with Crippen LogP contribution >= 0.6 is 11.3 Å². The first-order chi connectivity index (χ1) is 14.4. The van der Waals surface area contributed by atoms with Crippen molar-refractivity contribution in [1.29, 1.82) is 0 Å². The maximum Gasteiger partial charge on any atom is 0.148 e. The predicted octanol–water partition coefficient (Wildman–Crippen LogP) is 5.11. The highest BCUT2D eigenvalue weighted by Crippen LogP contribution is 2.33. The van der Waals surface area contributed by atoms with Gasteiger partial charge in [-0.1, -0.05) is 19.1 Å². The lowest BCUT2D eigenvalue weighted by Gasteiger charge is -2.19. The van der Waals surface area contributed by atoms with Gasteiger partial charge in [0.2, 0.25) is 0 Å². The molecule has 0 aliphatic carbocycles. The first-order valence-electron chi connectivity index (χ1n) is 10.0. The number of benzene rings is 1. The van der Waals surface area contributed by atoms with Crippen LogP contribution in [0.15, 0.2) is 48.9 Å². The number of aromatic nitrogens is 4. The van der Waals surface area contributed by atoms with E-state index in [-0.39, 0.29) is 5.82 Å². The van der Waals surface area contributed by atoms with Crippen LogP contribution in [0.3, 0.4) is 0 Å². The zero-order valence-corrected chi connectivity index (χ0v) is 18.6. The molecule has 0 unspecified atom stereocenters. The Hall–Kier alpha value is -2.77. The topological polar surface area (TPSA) is 38.9 Å². The van der Waals surface area contributed by atoms with Crippen molar-refractivity contribution in [3.63, 3.8) is 0 Å². The van der Waals surface area contributed by atoms with Gasteiger partial charge in [0, 0.05) is 59.0 Å². The third-order valence-corrected chi connectivity index (χ3v) is 6.16. The molecular formula is C23H26FN5S. The second-order valence-electron chi connectivity index (χ2n) is 7.55. The van der Waals surface area contributed by atoms with Crippen LogP contribution in [0, 0.1) is 19.7 Å². The Morgan fingerprint density at radius 3 is 2.57 bits per heavy atom. The third kappa shape index (κ3) is 4.22. The van der Waals surface area contributed by atoms with Crippen LogP contribution in [0.25, 0.3) is 16.9 Å². The van der Waals surface area contributed by atoms with E-state index in [0.717, 1.165) is 36.5 Å². The number of para-hydroxylation sites is 1. The molecule has 0 aliphatic rings. The lowest BCUT2D eigenvalue weighted by molar-refractivity contribution is 0.271. The van der Waals surface area contributed by atoms with Gasteiger partial charge in [-0.25, -0.2) is 9.07 Å².